The smallest absolute Gasteiger partial charge is 0.291 e. The van der Waals surface area contributed by atoms with Crippen LogP contribution in [0, 0.1) is 0 Å². The Morgan fingerprint density at radius 3 is 3.00 bits per heavy atom. The minimum atomic E-state index is -0.232. The molecule has 0 atom stereocenters. The average Bonchev–Trinajstić information content (AvgIpc) is 3.29. The van der Waals surface area contributed by atoms with E-state index in [4.69, 9.17) is 4.74 Å². The van der Waals surface area contributed by atoms with E-state index in [-0.39, 0.29) is 11.7 Å². The minimum Gasteiger partial charge on any atom is -0.379 e. The molecule has 1 amide bonds. The number of nitrogens with zero attached hydrogens (tertiary/aromatic N) is 5. The van der Waals surface area contributed by atoms with E-state index >= 15 is 0 Å². The molecule has 1 saturated heterocycles. The lowest BCUT2D eigenvalue weighted by Gasteiger charge is -2.26. The third-order valence-corrected chi connectivity index (χ3v) is 6.51. The summed E-state index contributed by atoms with van der Waals surface area (Å²) in [4.78, 5) is 26.3. The molecule has 3 aromatic rings. The molecule has 142 valence electrons. The Labute approximate surface area is 160 Å². The number of amides is 1. The zero-order valence-electron chi connectivity index (χ0n) is 15.1. The van der Waals surface area contributed by atoms with E-state index in [1.54, 1.807) is 22.2 Å². The molecular formula is C18H22N6O2S. The van der Waals surface area contributed by atoms with E-state index in [2.05, 4.69) is 25.3 Å². The summed E-state index contributed by atoms with van der Waals surface area (Å²) >= 11 is 1.75. The molecule has 0 radical (unpaired) electrons. The summed E-state index contributed by atoms with van der Waals surface area (Å²) in [7, 11) is 0. The summed E-state index contributed by atoms with van der Waals surface area (Å²) in [6.45, 7) is 4.73. The van der Waals surface area contributed by atoms with Crippen LogP contribution in [-0.4, -0.2) is 69.8 Å². The number of carbonyl (C=O) groups is 1. The Morgan fingerprint density at radius 2 is 2.11 bits per heavy atom. The molecule has 0 bridgehead atoms. The molecule has 3 aromatic heterocycles. The van der Waals surface area contributed by atoms with Crippen LogP contribution in [0.3, 0.4) is 0 Å². The standard InChI is InChI=1S/C18H22N6O2S/c25-17(19-5-6-23-7-9-26-10-8-23)15-21-16-14-12-3-1-2-4-13(12)27-18(14)20-11-24(16)22-15/h11H,1-10H2,(H,19,25). The molecule has 1 N–H and O–H groups in total. The fourth-order valence-electron chi connectivity index (χ4n) is 3.88. The van der Waals surface area contributed by atoms with Gasteiger partial charge in [-0.05, 0) is 31.2 Å². The number of aromatic nitrogens is 4. The molecule has 0 unspecified atom stereocenters. The molecule has 0 saturated carbocycles. The molecule has 2 aliphatic rings. The predicted octanol–water partition coefficient (Wildman–Crippen LogP) is 1.28. The largest absolute Gasteiger partial charge is 0.379 e. The molecule has 1 fully saturated rings. The average molecular weight is 386 g/mol. The van der Waals surface area contributed by atoms with Crippen molar-refractivity contribution >= 4 is 33.1 Å². The maximum absolute atomic E-state index is 12.5. The number of fused-ring (bicyclic) bond motifs is 5. The van der Waals surface area contributed by atoms with Crippen molar-refractivity contribution in [3.8, 4) is 0 Å². The second kappa shape index (κ2) is 7.14. The minimum absolute atomic E-state index is 0.210. The Bertz CT molecular complexity index is 991. The molecule has 8 nitrogen and oxygen atoms in total. The van der Waals surface area contributed by atoms with Crippen LogP contribution < -0.4 is 5.32 Å². The van der Waals surface area contributed by atoms with Crippen LogP contribution in [0.15, 0.2) is 6.33 Å². The SMILES string of the molecule is O=C(NCCN1CCOCC1)c1nc2c3c4c(sc3ncn2n1)CCCC4. The summed E-state index contributed by atoms with van der Waals surface area (Å²) in [6, 6.07) is 0. The summed E-state index contributed by atoms with van der Waals surface area (Å²) < 4.78 is 6.98. The van der Waals surface area contributed by atoms with Crippen molar-refractivity contribution < 1.29 is 9.53 Å². The second-order valence-corrected chi connectivity index (χ2v) is 8.13. The molecule has 0 spiro atoms. The van der Waals surface area contributed by atoms with Gasteiger partial charge >= 0.3 is 0 Å². The maximum Gasteiger partial charge on any atom is 0.291 e. The zero-order chi connectivity index (χ0) is 18.2. The Morgan fingerprint density at radius 1 is 1.26 bits per heavy atom. The van der Waals surface area contributed by atoms with Gasteiger partial charge in [-0.25, -0.2) is 14.5 Å². The number of hydrogen-bond donors (Lipinski definition) is 1. The highest BCUT2D eigenvalue weighted by Crippen LogP contribution is 2.36. The van der Waals surface area contributed by atoms with E-state index in [1.807, 2.05) is 0 Å². The first-order chi connectivity index (χ1) is 13.3. The Kier molecular flexibility index (Phi) is 4.50. The number of nitrogens with one attached hydrogen (secondary N) is 1. The fourth-order valence-corrected chi connectivity index (χ4v) is 5.11. The van der Waals surface area contributed by atoms with Gasteiger partial charge in [0.15, 0.2) is 5.65 Å². The summed E-state index contributed by atoms with van der Waals surface area (Å²) in [6.07, 6.45) is 6.27. The van der Waals surface area contributed by atoms with Crippen LogP contribution in [0.1, 0.15) is 33.9 Å². The lowest BCUT2D eigenvalue weighted by atomic mass is 9.97. The van der Waals surface area contributed by atoms with Gasteiger partial charge < -0.3 is 10.1 Å². The van der Waals surface area contributed by atoms with Gasteiger partial charge in [-0.1, -0.05) is 0 Å². The number of ether oxygens (including phenoxy) is 1. The molecule has 27 heavy (non-hydrogen) atoms. The highest BCUT2D eigenvalue weighted by Gasteiger charge is 2.22. The van der Waals surface area contributed by atoms with E-state index in [0.717, 1.165) is 61.6 Å². The lowest BCUT2D eigenvalue weighted by molar-refractivity contribution is 0.0383. The Balaban J connectivity index is 1.36. The number of rotatable bonds is 4. The lowest BCUT2D eigenvalue weighted by Crippen LogP contribution is -2.41. The van der Waals surface area contributed by atoms with Gasteiger partial charge in [0.1, 0.15) is 11.2 Å². The van der Waals surface area contributed by atoms with Crippen LogP contribution >= 0.6 is 11.3 Å². The van der Waals surface area contributed by atoms with Crippen LogP contribution in [0.5, 0.6) is 0 Å². The summed E-state index contributed by atoms with van der Waals surface area (Å²) in [5.41, 5.74) is 2.10. The fraction of sp³-hybridized carbons (Fsp3) is 0.556. The second-order valence-electron chi connectivity index (χ2n) is 7.05. The van der Waals surface area contributed by atoms with Gasteiger partial charge in [0.05, 0.1) is 18.6 Å². The van der Waals surface area contributed by atoms with Crippen LogP contribution in [0.2, 0.25) is 0 Å². The van der Waals surface area contributed by atoms with Gasteiger partial charge in [-0.2, -0.15) is 0 Å². The maximum atomic E-state index is 12.5. The van der Waals surface area contributed by atoms with Gasteiger partial charge in [0.2, 0.25) is 5.82 Å². The van der Waals surface area contributed by atoms with Gasteiger partial charge in [-0.3, -0.25) is 9.69 Å². The van der Waals surface area contributed by atoms with Gasteiger partial charge in [0.25, 0.3) is 5.91 Å². The normalized spacial score (nSPS) is 18.1. The molecule has 0 aromatic carbocycles. The molecular weight excluding hydrogens is 364 g/mol. The van der Waals surface area contributed by atoms with E-state index in [0.29, 0.717) is 6.54 Å². The van der Waals surface area contributed by atoms with Crippen molar-refractivity contribution in [1.29, 1.82) is 0 Å². The first-order valence-corrected chi connectivity index (χ1v) is 10.3. The summed E-state index contributed by atoms with van der Waals surface area (Å²) in [5, 5.41) is 8.37. The molecule has 1 aliphatic carbocycles. The van der Waals surface area contributed by atoms with Gasteiger partial charge in [-0.15, -0.1) is 16.4 Å². The van der Waals surface area contributed by atoms with E-state index in [9.17, 15) is 4.79 Å². The zero-order valence-corrected chi connectivity index (χ0v) is 15.9. The third-order valence-electron chi connectivity index (χ3n) is 5.31. The van der Waals surface area contributed by atoms with Crippen molar-refractivity contribution in [1.82, 2.24) is 29.8 Å². The van der Waals surface area contributed by atoms with Crippen LogP contribution in [0.25, 0.3) is 15.9 Å². The number of thiophene rings is 1. The highest BCUT2D eigenvalue weighted by molar-refractivity contribution is 7.19. The first-order valence-electron chi connectivity index (χ1n) is 9.53. The Hall–Kier alpha value is -2.10. The number of morpholine rings is 1. The van der Waals surface area contributed by atoms with E-state index < -0.39 is 0 Å². The third kappa shape index (κ3) is 3.19. The topological polar surface area (TPSA) is 84.7 Å². The highest BCUT2D eigenvalue weighted by atomic mass is 32.1. The van der Waals surface area contributed by atoms with Crippen molar-refractivity contribution in [3.05, 3.63) is 22.6 Å². The number of hydrogen-bond acceptors (Lipinski definition) is 7. The van der Waals surface area contributed by atoms with Crippen molar-refractivity contribution in [2.24, 2.45) is 0 Å². The quantitative estimate of drug-likeness (QED) is 0.727. The molecule has 4 heterocycles. The van der Waals surface area contributed by atoms with Crippen molar-refractivity contribution in [3.63, 3.8) is 0 Å². The number of carbonyl (C=O) groups excluding carboxylic acids is 1. The monoisotopic (exact) mass is 386 g/mol. The van der Waals surface area contributed by atoms with Gasteiger partial charge in [0, 0.05) is 31.1 Å². The first kappa shape index (κ1) is 17.0. The van der Waals surface area contributed by atoms with Crippen molar-refractivity contribution in [2.45, 2.75) is 25.7 Å². The van der Waals surface area contributed by atoms with Crippen molar-refractivity contribution in [2.75, 3.05) is 39.4 Å². The van der Waals surface area contributed by atoms with Crippen LogP contribution in [-0.2, 0) is 17.6 Å². The predicted molar refractivity (Wildman–Crippen MR) is 102 cm³/mol. The molecule has 5 rings (SSSR count). The number of aryl methyl sites for hydroxylation is 2. The molecule has 1 aliphatic heterocycles. The summed E-state index contributed by atoms with van der Waals surface area (Å²) in [5.74, 6) is -0.0220. The van der Waals surface area contributed by atoms with E-state index in [1.165, 1.54) is 23.3 Å². The van der Waals surface area contributed by atoms with Crippen LogP contribution in [0.4, 0.5) is 0 Å². The molecule has 9 heteroatoms.